The standard InChI is InChI=1S/C44H66/c1-28-24-34(44(8,9)10)27-37(28)40(31-18-16-30(17-19-31)29-14-12-11-13-15-29)41-38-25-32(42(2,3)4)20-22-35(38)36-23-21-33(26-39(36)41)43(5,6)7/h11-19,28,32-41H,20-27H2,1-10H3/t28?,32?,33?,34?,35?,36?,37?,38?,39?,40-,41?/m1/s1. The molecular weight excluding hydrogens is 528 g/mol. The van der Waals surface area contributed by atoms with Gasteiger partial charge < -0.3 is 0 Å². The van der Waals surface area contributed by atoms with Gasteiger partial charge in [-0.15, -0.1) is 0 Å². The molecule has 0 aliphatic heterocycles. The van der Waals surface area contributed by atoms with Crippen LogP contribution in [0.5, 0.6) is 0 Å². The molecule has 0 nitrogen and oxygen atoms in total. The Kier molecular flexibility index (Phi) is 8.76. The van der Waals surface area contributed by atoms with E-state index in [2.05, 4.69) is 124 Å². The van der Waals surface area contributed by atoms with Crippen molar-refractivity contribution < 1.29 is 0 Å². The molecule has 0 amide bonds. The number of fused-ring (bicyclic) bond motifs is 3. The van der Waals surface area contributed by atoms with E-state index in [1.54, 1.807) is 5.56 Å². The molecule has 0 N–H and O–H groups in total. The van der Waals surface area contributed by atoms with Gasteiger partial charge in [0.25, 0.3) is 0 Å². The molecule has 44 heavy (non-hydrogen) atoms. The molecule has 0 aromatic heterocycles. The molecule has 10 atom stereocenters. The number of rotatable bonds is 4. The molecule has 4 aliphatic carbocycles. The Hall–Kier alpha value is -1.56. The lowest BCUT2D eigenvalue weighted by molar-refractivity contribution is 0.0657. The summed E-state index contributed by atoms with van der Waals surface area (Å²) in [4.78, 5) is 0. The van der Waals surface area contributed by atoms with Gasteiger partial charge in [0, 0.05) is 0 Å². The normalized spacial score (nSPS) is 37.0. The number of benzene rings is 2. The van der Waals surface area contributed by atoms with Gasteiger partial charge in [-0.3, -0.25) is 0 Å². The first-order valence-electron chi connectivity index (χ1n) is 18.8. The monoisotopic (exact) mass is 595 g/mol. The molecule has 242 valence electrons. The lowest BCUT2D eigenvalue weighted by atomic mass is 9.59. The molecule has 6 rings (SSSR count). The van der Waals surface area contributed by atoms with Gasteiger partial charge in [-0.2, -0.15) is 0 Å². The minimum Gasteiger partial charge on any atom is -0.0622 e. The fourth-order valence-corrected chi connectivity index (χ4v) is 11.6. The van der Waals surface area contributed by atoms with Crippen molar-refractivity contribution in [2.24, 2.45) is 75.4 Å². The van der Waals surface area contributed by atoms with Crippen molar-refractivity contribution in [2.75, 3.05) is 0 Å². The van der Waals surface area contributed by atoms with Crippen molar-refractivity contribution in [3.05, 3.63) is 60.2 Å². The maximum atomic E-state index is 2.64. The van der Waals surface area contributed by atoms with E-state index in [0.717, 1.165) is 59.2 Å². The molecule has 0 saturated heterocycles. The summed E-state index contributed by atoms with van der Waals surface area (Å²) in [5.41, 5.74) is 5.63. The molecule has 4 fully saturated rings. The molecular formula is C44H66. The van der Waals surface area contributed by atoms with E-state index >= 15 is 0 Å². The van der Waals surface area contributed by atoms with Crippen molar-refractivity contribution >= 4 is 0 Å². The smallest absolute Gasteiger partial charge is 0.00971 e. The fraction of sp³-hybridized carbons (Fsp3) is 0.727. The Bertz CT molecular complexity index is 1190. The fourth-order valence-electron chi connectivity index (χ4n) is 11.6. The maximum Gasteiger partial charge on any atom is -0.00971 e. The van der Waals surface area contributed by atoms with Gasteiger partial charge in [-0.1, -0.05) is 124 Å². The summed E-state index contributed by atoms with van der Waals surface area (Å²) >= 11 is 0. The third kappa shape index (κ3) is 6.24. The van der Waals surface area contributed by atoms with Crippen molar-refractivity contribution in [2.45, 2.75) is 127 Å². The highest BCUT2D eigenvalue weighted by molar-refractivity contribution is 5.63. The Balaban J connectivity index is 1.44. The Labute approximate surface area is 272 Å². The predicted molar refractivity (Wildman–Crippen MR) is 190 cm³/mol. The van der Waals surface area contributed by atoms with Crippen LogP contribution in [0.1, 0.15) is 132 Å². The third-order valence-corrected chi connectivity index (χ3v) is 14.3. The summed E-state index contributed by atoms with van der Waals surface area (Å²) < 4.78 is 0. The van der Waals surface area contributed by atoms with Crippen LogP contribution in [0.15, 0.2) is 54.6 Å². The summed E-state index contributed by atoms with van der Waals surface area (Å²) in [6.45, 7) is 25.4. The van der Waals surface area contributed by atoms with Gasteiger partial charge in [-0.05, 0) is 149 Å². The topological polar surface area (TPSA) is 0 Å². The number of hydrogen-bond acceptors (Lipinski definition) is 0. The largest absolute Gasteiger partial charge is 0.0622 e. The highest BCUT2D eigenvalue weighted by Crippen LogP contribution is 2.67. The lowest BCUT2D eigenvalue weighted by Crippen LogP contribution is -2.37. The van der Waals surface area contributed by atoms with Crippen molar-refractivity contribution in [3.63, 3.8) is 0 Å². The Morgan fingerprint density at radius 1 is 0.500 bits per heavy atom. The van der Waals surface area contributed by atoms with Gasteiger partial charge in [0.15, 0.2) is 0 Å². The molecule has 0 radical (unpaired) electrons. The lowest BCUT2D eigenvalue weighted by Gasteiger charge is -2.46. The minimum atomic E-state index is 0.399. The average molecular weight is 595 g/mol. The zero-order valence-corrected chi connectivity index (χ0v) is 30.2. The van der Waals surface area contributed by atoms with Crippen molar-refractivity contribution in [1.29, 1.82) is 0 Å². The van der Waals surface area contributed by atoms with Crippen LogP contribution in [0, 0.1) is 75.4 Å². The molecule has 2 aromatic rings. The van der Waals surface area contributed by atoms with E-state index in [1.807, 2.05) is 0 Å². The van der Waals surface area contributed by atoms with Crippen LogP contribution in [0.4, 0.5) is 0 Å². The van der Waals surface area contributed by atoms with E-state index in [0.29, 0.717) is 22.2 Å². The Morgan fingerprint density at radius 2 is 0.977 bits per heavy atom. The second-order valence-corrected chi connectivity index (χ2v) is 19.7. The van der Waals surface area contributed by atoms with Crippen LogP contribution in [-0.4, -0.2) is 0 Å². The summed E-state index contributed by atoms with van der Waals surface area (Å²) in [7, 11) is 0. The van der Waals surface area contributed by atoms with E-state index in [1.165, 1.54) is 62.5 Å². The van der Waals surface area contributed by atoms with Gasteiger partial charge in [0.05, 0.1) is 0 Å². The molecule has 9 unspecified atom stereocenters. The maximum absolute atomic E-state index is 2.64. The quantitative estimate of drug-likeness (QED) is 0.330. The SMILES string of the molecule is CC1CC(C(C)(C)C)CC1[C@@H](c1ccc(-c2ccccc2)cc1)C1C2CC(C(C)(C)C)CCC2C2CCC(C(C)(C)C)CC21. The minimum absolute atomic E-state index is 0.399. The second-order valence-electron chi connectivity index (χ2n) is 19.7. The molecule has 4 saturated carbocycles. The first-order valence-corrected chi connectivity index (χ1v) is 18.8. The van der Waals surface area contributed by atoms with Crippen LogP contribution in [0.25, 0.3) is 11.1 Å². The van der Waals surface area contributed by atoms with Crippen LogP contribution >= 0.6 is 0 Å². The highest BCUT2D eigenvalue weighted by Gasteiger charge is 2.59. The Morgan fingerprint density at radius 3 is 1.43 bits per heavy atom. The zero-order chi connectivity index (χ0) is 31.6. The van der Waals surface area contributed by atoms with Crippen LogP contribution in [0.2, 0.25) is 0 Å². The number of hydrogen-bond donors (Lipinski definition) is 0. The summed E-state index contributed by atoms with van der Waals surface area (Å²) in [5, 5.41) is 0. The van der Waals surface area contributed by atoms with Crippen molar-refractivity contribution in [1.82, 2.24) is 0 Å². The van der Waals surface area contributed by atoms with E-state index < -0.39 is 0 Å². The third-order valence-electron chi connectivity index (χ3n) is 14.3. The molecule has 0 spiro atoms. The molecule has 0 heterocycles. The molecule has 2 aromatic carbocycles. The highest BCUT2D eigenvalue weighted by atomic mass is 14.6. The summed E-state index contributed by atoms with van der Waals surface area (Å²) in [5.74, 6) is 9.46. The second kappa shape index (κ2) is 11.9. The van der Waals surface area contributed by atoms with Crippen LogP contribution in [0.3, 0.4) is 0 Å². The van der Waals surface area contributed by atoms with Gasteiger partial charge in [-0.25, -0.2) is 0 Å². The predicted octanol–water partition coefficient (Wildman–Crippen LogP) is 12.9. The van der Waals surface area contributed by atoms with Gasteiger partial charge in [0.2, 0.25) is 0 Å². The van der Waals surface area contributed by atoms with Crippen LogP contribution in [-0.2, 0) is 0 Å². The van der Waals surface area contributed by atoms with Crippen LogP contribution < -0.4 is 0 Å². The van der Waals surface area contributed by atoms with Crippen molar-refractivity contribution in [3.8, 4) is 11.1 Å². The molecule has 0 heteroatoms. The average Bonchev–Trinajstić information content (AvgIpc) is 3.51. The van der Waals surface area contributed by atoms with Gasteiger partial charge >= 0.3 is 0 Å². The van der Waals surface area contributed by atoms with E-state index in [9.17, 15) is 0 Å². The molecule has 0 bridgehead atoms. The summed E-state index contributed by atoms with van der Waals surface area (Å²) in [6.07, 6.45) is 11.7. The first kappa shape index (κ1) is 32.4. The first-order chi connectivity index (χ1) is 20.6. The molecule has 4 aliphatic rings. The van der Waals surface area contributed by atoms with E-state index in [4.69, 9.17) is 0 Å². The summed E-state index contributed by atoms with van der Waals surface area (Å²) in [6, 6.07) is 21.2. The van der Waals surface area contributed by atoms with Gasteiger partial charge in [0.1, 0.15) is 0 Å². The zero-order valence-electron chi connectivity index (χ0n) is 30.2. The van der Waals surface area contributed by atoms with E-state index in [-0.39, 0.29) is 0 Å².